The Hall–Kier alpha value is -3.03. The van der Waals surface area contributed by atoms with Crippen molar-refractivity contribution < 1.29 is 19.1 Å². The molecule has 2 heterocycles. The molecule has 1 aromatic carbocycles. The van der Waals surface area contributed by atoms with Crippen LogP contribution in [0.4, 0.5) is 5.82 Å². The number of aromatic nitrogens is 2. The molecule has 2 amide bonds. The van der Waals surface area contributed by atoms with Gasteiger partial charge in [0, 0.05) is 25.6 Å². The van der Waals surface area contributed by atoms with Crippen molar-refractivity contribution in [3.8, 4) is 11.5 Å². The van der Waals surface area contributed by atoms with E-state index in [-0.39, 0.29) is 30.2 Å². The van der Waals surface area contributed by atoms with Gasteiger partial charge in [-0.05, 0) is 30.5 Å². The fraction of sp³-hybridized carbons (Fsp3) is 0.450. The smallest absolute Gasteiger partial charge is 0.272 e. The quantitative estimate of drug-likeness (QED) is 0.826. The minimum absolute atomic E-state index is 0.00928. The third-order valence-corrected chi connectivity index (χ3v) is 5.23. The van der Waals surface area contributed by atoms with Gasteiger partial charge in [-0.15, -0.1) is 0 Å². The lowest BCUT2D eigenvalue weighted by Gasteiger charge is -2.20. The van der Waals surface area contributed by atoms with Gasteiger partial charge >= 0.3 is 0 Å². The fourth-order valence-electron chi connectivity index (χ4n) is 3.61. The number of carbonyl (C=O) groups excluding carboxylic acids is 2. The summed E-state index contributed by atoms with van der Waals surface area (Å²) in [6.45, 7) is 0.560. The van der Waals surface area contributed by atoms with Gasteiger partial charge in [0.2, 0.25) is 12.7 Å². The average molecular weight is 384 g/mol. The second-order valence-corrected chi connectivity index (χ2v) is 7.23. The molecule has 0 bridgehead atoms. The Balaban J connectivity index is 1.35. The van der Waals surface area contributed by atoms with Crippen LogP contribution in [0, 0.1) is 5.92 Å². The van der Waals surface area contributed by atoms with Gasteiger partial charge in [-0.2, -0.15) is 5.10 Å². The number of nitrogens with one attached hydrogen (secondary N) is 2. The van der Waals surface area contributed by atoms with Crippen LogP contribution in [0.3, 0.4) is 0 Å². The molecular weight excluding hydrogens is 360 g/mol. The Labute approximate surface area is 163 Å². The van der Waals surface area contributed by atoms with E-state index in [2.05, 4.69) is 15.7 Å². The molecule has 8 heteroatoms. The van der Waals surface area contributed by atoms with Gasteiger partial charge in [0.15, 0.2) is 17.2 Å². The predicted octanol–water partition coefficient (Wildman–Crippen LogP) is 2.60. The number of anilines is 1. The minimum Gasteiger partial charge on any atom is -0.454 e. The Bertz CT molecular complexity index is 886. The van der Waals surface area contributed by atoms with Crippen LogP contribution in [0.1, 0.15) is 48.2 Å². The van der Waals surface area contributed by atoms with Crippen molar-refractivity contribution in [1.82, 2.24) is 15.1 Å². The van der Waals surface area contributed by atoms with Gasteiger partial charge in [0.05, 0.1) is 0 Å². The van der Waals surface area contributed by atoms with Crippen molar-refractivity contribution in [2.24, 2.45) is 13.0 Å². The summed E-state index contributed by atoms with van der Waals surface area (Å²) in [5, 5.41) is 9.97. The Morgan fingerprint density at radius 1 is 1.14 bits per heavy atom. The van der Waals surface area contributed by atoms with Crippen molar-refractivity contribution in [3.63, 3.8) is 0 Å². The van der Waals surface area contributed by atoms with Crippen LogP contribution in [-0.4, -0.2) is 28.4 Å². The summed E-state index contributed by atoms with van der Waals surface area (Å²) in [5.74, 6) is 1.67. The fourth-order valence-corrected chi connectivity index (χ4v) is 3.61. The molecule has 4 rings (SSSR count). The first-order valence-corrected chi connectivity index (χ1v) is 9.62. The Morgan fingerprint density at radius 3 is 2.75 bits per heavy atom. The summed E-state index contributed by atoms with van der Waals surface area (Å²) in [4.78, 5) is 24.9. The summed E-state index contributed by atoms with van der Waals surface area (Å²) in [5.41, 5.74) is 1.17. The molecule has 0 atom stereocenters. The lowest BCUT2D eigenvalue weighted by atomic mass is 9.89. The van der Waals surface area contributed by atoms with Gasteiger partial charge < -0.3 is 20.1 Å². The Morgan fingerprint density at radius 2 is 1.93 bits per heavy atom. The lowest BCUT2D eigenvalue weighted by molar-refractivity contribution is -0.120. The monoisotopic (exact) mass is 384 g/mol. The molecule has 0 unspecified atom stereocenters. The highest BCUT2D eigenvalue weighted by Gasteiger charge is 2.23. The topological polar surface area (TPSA) is 94.5 Å². The van der Waals surface area contributed by atoms with Crippen molar-refractivity contribution >= 4 is 17.6 Å². The number of amides is 2. The SMILES string of the molecule is Cn1nc(C(=O)NCc2ccc3c(c2)OCO3)cc1NC(=O)C1CCCCC1. The molecule has 0 radical (unpaired) electrons. The lowest BCUT2D eigenvalue weighted by Crippen LogP contribution is -2.25. The van der Waals surface area contributed by atoms with E-state index in [1.807, 2.05) is 18.2 Å². The summed E-state index contributed by atoms with van der Waals surface area (Å²) in [6, 6.07) is 7.15. The first-order chi connectivity index (χ1) is 13.6. The Kier molecular flexibility index (Phi) is 5.18. The number of rotatable bonds is 5. The maximum Gasteiger partial charge on any atom is 0.272 e. The number of nitrogens with zero attached hydrogens (tertiary/aromatic N) is 2. The molecule has 2 N–H and O–H groups in total. The first-order valence-electron chi connectivity index (χ1n) is 9.62. The average Bonchev–Trinajstić information content (AvgIpc) is 3.33. The maximum atomic E-state index is 12.4. The minimum atomic E-state index is -0.300. The number of carbonyl (C=O) groups is 2. The largest absolute Gasteiger partial charge is 0.454 e. The zero-order chi connectivity index (χ0) is 19.5. The summed E-state index contributed by atoms with van der Waals surface area (Å²) < 4.78 is 12.2. The molecule has 1 aliphatic heterocycles. The summed E-state index contributed by atoms with van der Waals surface area (Å²) in [6.07, 6.45) is 5.23. The number of ether oxygens (including phenoxy) is 2. The van der Waals surface area contributed by atoms with Crippen LogP contribution in [0.5, 0.6) is 11.5 Å². The molecule has 1 aromatic heterocycles. The highest BCUT2D eigenvalue weighted by molar-refractivity contribution is 5.96. The van der Waals surface area contributed by atoms with Crippen molar-refractivity contribution in [2.75, 3.05) is 12.1 Å². The predicted molar refractivity (Wildman–Crippen MR) is 102 cm³/mol. The van der Waals surface area contributed by atoms with E-state index in [9.17, 15) is 9.59 Å². The second kappa shape index (κ2) is 7.92. The van der Waals surface area contributed by atoms with Gasteiger partial charge in [-0.3, -0.25) is 14.3 Å². The summed E-state index contributed by atoms with van der Waals surface area (Å²) >= 11 is 0. The standard InChI is InChI=1S/C20H24N4O4/c1-24-18(22-19(25)14-5-3-2-4-6-14)10-15(23-24)20(26)21-11-13-7-8-16-17(9-13)28-12-27-16/h7-10,14H,2-6,11-12H2,1H3,(H,21,26)(H,22,25). The number of hydrogen-bond donors (Lipinski definition) is 2. The zero-order valence-electron chi connectivity index (χ0n) is 15.9. The van der Waals surface area contributed by atoms with E-state index < -0.39 is 0 Å². The van der Waals surface area contributed by atoms with Crippen LogP contribution in [-0.2, 0) is 18.4 Å². The van der Waals surface area contributed by atoms with E-state index in [0.29, 0.717) is 23.9 Å². The molecule has 2 aromatic rings. The first kappa shape index (κ1) is 18.3. The molecule has 1 fully saturated rings. The third kappa shape index (κ3) is 3.95. The molecule has 2 aliphatic rings. The van der Waals surface area contributed by atoms with Crippen molar-refractivity contribution in [1.29, 1.82) is 0 Å². The number of benzene rings is 1. The zero-order valence-corrected chi connectivity index (χ0v) is 15.9. The highest BCUT2D eigenvalue weighted by atomic mass is 16.7. The van der Waals surface area contributed by atoms with Gasteiger partial charge in [-0.25, -0.2) is 0 Å². The molecule has 1 saturated carbocycles. The molecule has 1 aliphatic carbocycles. The van der Waals surface area contributed by atoms with E-state index in [1.165, 1.54) is 11.1 Å². The number of fused-ring (bicyclic) bond motifs is 1. The van der Waals surface area contributed by atoms with E-state index in [4.69, 9.17) is 9.47 Å². The van der Waals surface area contributed by atoms with Gasteiger partial charge in [-0.1, -0.05) is 25.3 Å². The number of aryl methyl sites for hydroxylation is 1. The maximum absolute atomic E-state index is 12.4. The molecule has 28 heavy (non-hydrogen) atoms. The van der Waals surface area contributed by atoms with Gasteiger partial charge in [0.1, 0.15) is 5.82 Å². The van der Waals surface area contributed by atoms with Crippen LogP contribution in [0.15, 0.2) is 24.3 Å². The molecule has 0 saturated heterocycles. The van der Waals surface area contributed by atoms with Crippen LogP contribution in [0.2, 0.25) is 0 Å². The second-order valence-electron chi connectivity index (χ2n) is 7.23. The molecule has 0 spiro atoms. The molecule has 8 nitrogen and oxygen atoms in total. The van der Waals surface area contributed by atoms with Crippen molar-refractivity contribution in [2.45, 2.75) is 38.6 Å². The molecule has 148 valence electrons. The normalized spacial score (nSPS) is 16.0. The van der Waals surface area contributed by atoms with Crippen LogP contribution >= 0.6 is 0 Å². The van der Waals surface area contributed by atoms with E-state index >= 15 is 0 Å². The van der Waals surface area contributed by atoms with Gasteiger partial charge in [0.25, 0.3) is 5.91 Å². The molecular formula is C20H24N4O4. The van der Waals surface area contributed by atoms with Crippen molar-refractivity contribution in [3.05, 3.63) is 35.5 Å². The highest BCUT2D eigenvalue weighted by Crippen LogP contribution is 2.32. The third-order valence-electron chi connectivity index (χ3n) is 5.23. The summed E-state index contributed by atoms with van der Waals surface area (Å²) in [7, 11) is 1.71. The van der Waals surface area contributed by atoms with Crippen LogP contribution < -0.4 is 20.1 Å². The van der Waals surface area contributed by atoms with Crippen LogP contribution in [0.25, 0.3) is 0 Å². The van der Waals surface area contributed by atoms with E-state index in [0.717, 1.165) is 31.2 Å². The number of hydrogen-bond acceptors (Lipinski definition) is 5. The van der Waals surface area contributed by atoms with E-state index in [1.54, 1.807) is 13.1 Å².